The van der Waals surface area contributed by atoms with Gasteiger partial charge in [0.05, 0.1) is 6.10 Å². The van der Waals surface area contributed by atoms with Gasteiger partial charge in [-0.25, -0.2) is 0 Å². The number of hydrogen-bond donors (Lipinski definition) is 1. The van der Waals surface area contributed by atoms with Gasteiger partial charge in [-0.15, -0.1) is 0 Å². The second kappa shape index (κ2) is 6.02. The van der Waals surface area contributed by atoms with Crippen molar-refractivity contribution in [2.24, 2.45) is 0 Å². The summed E-state index contributed by atoms with van der Waals surface area (Å²) in [5.41, 5.74) is 1.60. The minimum Gasteiger partial charge on any atom is -0.388 e. The van der Waals surface area contributed by atoms with E-state index in [4.69, 9.17) is 23.2 Å². The molecule has 0 bridgehead atoms. The van der Waals surface area contributed by atoms with E-state index in [2.05, 4.69) is 20.9 Å². The fraction of sp³-hybridized carbons (Fsp3) is 0.154. The molecule has 2 aromatic rings. The van der Waals surface area contributed by atoms with E-state index in [0.717, 1.165) is 10.0 Å². The molecule has 1 heterocycles. The maximum Gasteiger partial charge on any atom is 0.0845 e. The summed E-state index contributed by atoms with van der Waals surface area (Å²) >= 11 is 15.2. The van der Waals surface area contributed by atoms with Crippen molar-refractivity contribution in [1.82, 2.24) is 4.98 Å². The number of aromatic nitrogens is 1. The number of hydrogen-bond acceptors (Lipinski definition) is 2. The molecule has 0 spiro atoms. The Kier molecular flexibility index (Phi) is 4.62. The SMILES string of the molecule is OC(Cc1cncc(Br)c1)c1ccc(Cl)cc1Cl. The molecule has 1 unspecified atom stereocenters. The van der Waals surface area contributed by atoms with Gasteiger partial charge in [0.1, 0.15) is 0 Å². The van der Waals surface area contributed by atoms with Crippen molar-refractivity contribution >= 4 is 39.1 Å². The third-order valence-corrected chi connectivity index (χ3v) is 3.51. The highest BCUT2D eigenvalue weighted by Crippen LogP contribution is 2.28. The van der Waals surface area contributed by atoms with Gasteiger partial charge >= 0.3 is 0 Å². The van der Waals surface area contributed by atoms with Gasteiger partial charge in [-0.2, -0.15) is 0 Å². The lowest BCUT2D eigenvalue weighted by Gasteiger charge is -2.13. The van der Waals surface area contributed by atoms with Gasteiger partial charge in [0.2, 0.25) is 0 Å². The predicted molar refractivity (Wildman–Crippen MR) is 77.1 cm³/mol. The Morgan fingerprint density at radius 2 is 2.00 bits per heavy atom. The average Bonchev–Trinajstić information content (AvgIpc) is 2.28. The predicted octanol–water partition coefficient (Wildman–Crippen LogP) is 4.43. The lowest BCUT2D eigenvalue weighted by atomic mass is 10.0. The monoisotopic (exact) mass is 345 g/mol. The normalized spacial score (nSPS) is 12.4. The van der Waals surface area contributed by atoms with Crippen LogP contribution >= 0.6 is 39.1 Å². The lowest BCUT2D eigenvalue weighted by molar-refractivity contribution is 0.178. The van der Waals surface area contributed by atoms with Crippen molar-refractivity contribution in [3.63, 3.8) is 0 Å². The van der Waals surface area contributed by atoms with Crippen molar-refractivity contribution in [3.05, 3.63) is 62.3 Å². The zero-order valence-electron chi connectivity index (χ0n) is 9.28. The van der Waals surface area contributed by atoms with E-state index in [0.29, 0.717) is 22.0 Å². The number of aliphatic hydroxyl groups is 1. The third kappa shape index (κ3) is 3.45. The minimum absolute atomic E-state index is 0.452. The molecule has 94 valence electrons. The first-order chi connectivity index (χ1) is 8.56. The van der Waals surface area contributed by atoms with E-state index in [1.165, 1.54) is 0 Å². The van der Waals surface area contributed by atoms with E-state index in [1.807, 2.05) is 6.07 Å². The van der Waals surface area contributed by atoms with Crippen LogP contribution in [0.2, 0.25) is 10.0 Å². The Labute approximate surface area is 124 Å². The second-order valence-corrected chi connectivity index (χ2v) is 5.66. The Balaban J connectivity index is 2.19. The summed E-state index contributed by atoms with van der Waals surface area (Å²) in [7, 11) is 0. The second-order valence-electron chi connectivity index (χ2n) is 3.90. The number of benzene rings is 1. The molecule has 18 heavy (non-hydrogen) atoms. The van der Waals surface area contributed by atoms with E-state index >= 15 is 0 Å². The first-order valence-electron chi connectivity index (χ1n) is 5.28. The molecular weight excluding hydrogens is 337 g/mol. The topological polar surface area (TPSA) is 33.1 Å². The molecule has 0 fully saturated rings. The summed E-state index contributed by atoms with van der Waals surface area (Å²) in [6.45, 7) is 0. The van der Waals surface area contributed by atoms with Gasteiger partial charge in [-0.1, -0.05) is 29.3 Å². The Hall–Kier alpha value is -0.610. The van der Waals surface area contributed by atoms with Crippen LogP contribution in [0.3, 0.4) is 0 Å². The summed E-state index contributed by atoms with van der Waals surface area (Å²) in [6.07, 6.45) is 3.20. The molecule has 2 nitrogen and oxygen atoms in total. The van der Waals surface area contributed by atoms with Crippen molar-refractivity contribution in [3.8, 4) is 0 Å². The van der Waals surface area contributed by atoms with Crippen LogP contribution in [0.4, 0.5) is 0 Å². The number of pyridine rings is 1. The number of nitrogens with zero attached hydrogens (tertiary/aromatic N) is 1. The average molecular weight is 347 g/mol. The van der Waals surface area contributed by atoms with Gasteiger partial charge < -0.3 is 5.11 Å². The quantitative estimate of drug-likeness (QED) is 0.891. The van der Waals surface area contributed by atoms with Crippen LogP contribution in [-0.2, 0) is 6.42 Å². The minimum atomic E-state index is -0.675. The molecule has 1 N–H and O–H groups in total. The zero-order valence-corrected chi connectivity index (χ0v) is 12.4. The largest absolute Gasteiger partial charge is 0.388 e. The number of aliphatic hydroxyl groups excluding tert-OH is 1. The van der Waals surface area contributed by atoms with E-state index in [9.17, 15) is 5.11 Å². The molecule has 5 heteroatoms. The maximum atomic E-state index is 10.2. The summed E-state index contributed by atoms with van der Waals surface area (Å²) < 4.78 is 0.884. The van der Waals surface area contributed by atoms with Crippen LogP contribution in [0.25, 0.3) is 0 Å². The summed E-state index contributed by atoms with van der Waals surface area (Å²) in [5, 5.41) is 11.2. The van der Waals surface area contributed by atoms with Crippen molar-refractivity contribution in [2.75, 3.05) is 0 Å². The fourth-order valence-corrected chi connectivity index (χ4v) is 2.62. The number of rotatable bonds is 3. The fourth-order valence-electron chi connectivity index (χ4n) is 1.67. The van der Waals surface area contributed by atoms with Gasteiger partial charge in [0, 0.05) is 33.3 Å². The first kappa shape index (κ1) is 13.8. The van der Waals surface area contributed by atoms with E-state index < -0.39 is 6.10 Å². The molecule has 0 aliphatic heterocycles. The Morgan fingerprint density at radius 1 is 1.22 bits per heavy atom. The molecule has 0 amide bonds. The van der Waals surface area contributed by atoms with Crippen LogP contribution < -0.4 is 0 Å². The van der Waals surface area contributed by atoms with Gasteiger partial charge in [-0.05, 0) is 45.3 Å². The smallest absolute Gasteiger partial charge is 0.0845 e. The van der Waals surface area contributed by atoms with Crippen LogP contribution in [-0.4, -0.2) is 10.1 Å². The van der Waals surface area contributed by atoms with Crippen LogP contribution in [0, 0.1) is 0 Å². The highest BCUT2D eigenvalue weighted by molar-refractivity contribution is 9.10. The van der Waals surface area contributed by atoms with E-state index in [-0.39, 0.29) is 0 Å². The molecule has 0 aliphatic carbocycles. The standard InChI is InChI=1S/C13H10BrCl2NO/c14-9-3-8(6-17-7-9)4-13(18)11-2-1-10(15)5-12(11)16/h1-3,5-7,13,18H,4H2. The molecule has 1 aromatic carbocycles. The molecule has 0 saturated carbocycles. The molecule has 1 aromatic heterocycles. The van der Waals surface area contributed by atoms with Crippen molar-refractivity contribution in [2.45, 2.75) is 12.5 Å². The number of halogens is 3. The highest BCUT2D eigenvalue weighted by Gasteiger charge is 2.13. The van der Waals surface area contributed by atoms with Crippen molar-refractivity contribution < 1.29 is 5.11 Å². The Bertz CT molecular complexity index is 562. The summed E-state index contributed by atoms with van der Waals surface area (Å²) in [6, 6.07) is 6.99. The first-order valence-corrected chi connectivity index (χ1v) is 6.83. The van der Waals surface area contributed by atoms with Gasteiger partial charge in [-0.3, -0.25) is 4.98 Å². The van der Waals surface area contributed by atoms with Crippen molar-refractivity contribution in [1.29, 1.82) is 0 Å². The molecular formula is C13H10BrCl2NO. The lowest BCUT2D eigenvalue weighted by Crippen LogP contribution is -2.03. The zero-order chi connectivity index (χ0) is 13.1. The maximum absolute atomic E-state index is 10.2. The molecule has 2 rings (SSSR count). The third-order valence-electron chi connectivity index (χ3n) is 2.51. The molecule has 0 radical (unpaired) electrons. The molecule has 0 saturated heterocycles. The molecule has 1 atom stereocenters. The van der Waals surface area contributed by atoms with E-state index in [1.54, 1.807) is 30.6 Å². The highest BCUT2D eigenvalue weighted by atomic mass is 79.9. The Morgan fingerprint density at radius 3 is 2.67 bits per heavy atom. The van der Waals surface area contributed by atoms with Gasteiger partial charge in [0.15, 0.2) is 0 Å². The summed E-state index contributed by atoms with van der Waals surface area (Å²) in [4.78, 5) is 4.06. The summed E-state index contributed by atoms with van der Waals surface area (Å²) in [5.74, 6) is 0. The van der Waals surface area contributed by atoms with Gasteiger partial charge in [0.25, 0.3) is 0 Å². The molecule has 0 aliphatic rings. The van der Waals surface area contributed by atoms with Crippen LogP contribution in [0.5, 0.6) is 0 Å². The van der Waals surface area contributed by atoms with Crippen LogP contribution in [0.15, 0.2) is 41.1 Å². The van der Waals surface area contributed by atoms with Crippen LogP contribution in [0.1, 0.15) is 17.2 Å².